The number of alkyl halides is 3. The molecular formula is C79H52B2F3N5S. The monoisotopic (exact) mass is 1180 g/mol. The lowest BCUT2D eigenvalue weighted by Crippen LogP contribution is -2.65. The van der Waals surface area contributed by atoms with E-state index >= 15 is 13.2 Å². The Hall–Kier alpha value is -10.9. The summed E-state index contributed by atoms with van der Waals surface area (Å²) in [7, 11) is 0. The van der Waals surface area contributed by atoms with Crippen molar-refractivity contribution in [1.29, 1.82) is 0 Å². The molecule has 0 N–H and O–H groups in total. The minimum absolute atomic E-state index is 0.108. The van der Waals surface area contributed by atoms with Crippen LogP contribution in [0.3, 0.4) is 0 Å². The molecule has 0 aliphatic carbocycles. The summed E-state index contributed by atoms with van der Waals surface area (Å²) in [5, 5.41) is 0. The lowest BCUT2D eigenvalue weighted by molar-refractivity contribution is -0.139. The van der Waals surface area contributed by atoms with Crippen molar-refractivity contribution in [1.82, 2.24) is 0 Å². The maximum atomic E-state index is 18.3. The zero-order chi connectivity index (χ0) is 60.0. The van der Waals surface area contributed by atoms with Crippen LogP contribution in [0.1, 0.15) is 5.56 Å². The predicted molar refractivity (Wildman–Crippen MR) is 370 cm³/mol. The number of benzene rings is 13. The van der Waals surface area contributed by atoms with E-state index in [1.165, 1.54) is 11.8 Å². The molecule has 0 atom stereocenters. The highest BCUT2D eigenvalue weighted by Crippen LogP contribution is 2.56. The van der Waals surface area contributed by atoms with Crippen LogP contribution in [-0.4, -0.2) is 13.4 Å². The fourth-order valence-corrected chi connectivity index (χ4v) is 15.8. The maximum absolute atomic E-state index is 18.3. The summed E-state index contributed by atoms with van der Waals surface area (Å²) in [6.07, 6.45) is -4.90. The number of para-hydroxylation sites is 9. The van der Waals surface area contributed by atoms with Gasteiger partial charge in [-0.2, -0.15) is 13.2 Å². The summed E-state index contributed by atoms with van der Waals surface area (Å²) in [4.78, 5) is 12.0. The molecule has 0 aromatic heterocycles. The van der Waals surface area contributed by atoms with Crippen LogP contribution in [0.15, 0.2) is 325 Å². The third-order valence-corrected chi connectivity index (χ3v) is 19.2. The molecule has 0 unspecified atom stereocenters. The van der Waals surface area contributed by atoms with Gasteiger partial charge in [-0.3, -0.25) is 0 Å². The molecule has 5 nitrogen and oxygen atoms in total. The highest BCUT2D eigenvalue weighted by molar-refractivity contribution is 8.00. The van der Waals surface area contributed by atoms with Crippen LogP contribution < -0.4 is 57.3 Å². The Kier molecular flexibility index (Phi) is 12.7. The van der Waals surface area contributed by atoms with Gasteiger partial charge in [0.15, 0.2) is 0 Å². The van der Waals surface area contributed by atoms with Gasteiger partial charge >= 0.3 is 6.18 Å². The molecule has 90 heavy (non-hydrogen) atoms. The summed E-state index contributed by atoms with van der Waals surface area (Å²) in [5.41, 5.74) is 18.0. The van der Waals surface area contributed by atoms with Gasteiger partial charge in [0.2, 0.25) is 6.71 Å². The first kappa shape index (κ1) is 53.4. The molecule has 0 bridgehead atoms. The average molecular weight is 1180 g/mol. The van der Waals surface area contributed by atoms with Crippen LogP contribution in [0.4, 0.5) is 98.5 Å². The summed E-state index contributed by atoms with van der Waals surface area (Å²) >= 11 is 1.24. The number of halogens is 3. The summed E-state index contributed by atoms with van der Waals surface area (Å²) in [6, 6.07) is 107. The van der Waals surface area contributed by atoms with Crippen molar-refractivity contribution in [3.05, 3.63) is 321 Å². The van der Waals surface area contributed by atoms with Gasteiger partial charge in [-0.15, -0.1) is 0 Å². The van der Waals surface area contributed by atoms with Gasteiger partial charge in [0.25, 0.3) is 6.71 Å². The first-order chi connectivity index (χ1) is 44.4. The highest BCUT2D eigenvalue weighted by atomic mass is 32.2. The second-order valence-corrected chi connectivity index (χ2v) is 24.1. The molecule has 4 aliphatic heterocycles. The molecule has 0 saturated carbocycles. The van der Waals surface area contributed by atoms with Crippen molar-refractivity contribution in [2.75, 3.05) is 24.5 Å². The zero-order valence-corrected chi connectivity index (χ0v) is 49.3. The average Bonchev–Trinajstić information content (AvgIpc) is 0.685. The van der Waals surface area contributed by atoms with Crippen LogP contribution >= 0.6 is 11.8 Å². The maximum Gasteiger partial charge on any atom is 0.419 e. The molecule has 0 fully saturated rings. The Labute approximate surface area is 526 Å². The van der Waals surface area contributed by atoms with E-state index in [1.54, 1.807) is 0 Å². The van der Waals surface area contributed by atoms with E-state index in [-0.39, 0.29) is 10.6 Å². The van der Waals surface area contributed by atoms with Crippen LogP contribution in [0.5, 0.6) is 0 Å². The molecule has 4 heterocycles. The van der Waals surface area contributed by atoms with E-state index in [0.29, 0.717) is 22.3 Å². The van der Waals surface area contributed by atoms with Gasteiger partial charge in [0.05, 0.1) is 22.6 Å². The zero-order valence-electron chi connectivity index (χ0n) is 48.5. The van der Waals surface area contributed by atoms with Crippen LogP contribution in [0, 0.1) is 0 Å². The van der Waals surface area contributed by atoms with Crippen molar-refractivity contribution in [3.63, 3.8) is 0 Å². The van der Waals surface area contributed by atoms with E-state index < -0.39 is 25.2 Å². The second-order valence-electron chi connectivity index (χ2n) is 23.0. The van der Waals surface area contributed by atoms with Crippen molar-refractivity contribution < 1.29 is 13.2 Å². The van der Waals surface area contributed by atoms with Crippen molar-refractivity contribution in [2.45, 2.75) is 16.0 Å². The molecule has 0 radical (unpaired) electrons. The Bertz CT molecular complexity index is 4820. The number of hydrogen-bond donors (Lipinski definition) is 0. The van der Waals surface area contributed by atoms with E-state index in [2.05, 4.69) is 159 Å². The van der Waals surface area contributed by atoms with Gasteiger partial charge < -0.3 is 24.5 Å². The lowest BCUT2D eigenvalue weighted by atomic mass is 9.30. The van der Waals surface area contributed by atoms with Gasteiger partial charge in [0.1, 0.15) is 0 Å². The van der Waals surface area contributed by atoms with Gasteiger partial charge in [-0.1, -0.05) is 217 Å². The molecular weight excluding hydrogens is 1130 g/mol. The van der Waals surface area contributed by atoms with Crippen molar-refractivity contribution in [2.24, 2.45) is 0 Å². The fraction of sp³-hybridized carbons (Fsp3) is 0.0127. The quantitative estimate of drug-likeness (QED) is 0.126. The Morgan fingerprint density at radius 2 is 0.689 bits per heavy atom. The minimum Gasteiger partial charge on any atom is -0.311 e. The van der Waals surface area contributed by atoms with Crippen molar-refractivity contribution >= 4 is 143 Å². The molecule has 0 spiro atoms. The molecule has 0 amide bonds. The van der Waals surface area contributed by atoms with Gasteiger partial charge in [-0.05, 0) is 148 Å². The third kappa shape index (κ3) is 8.59. The lowest BCUT2D eigenvalue weighted by Gasteiger charge is -2.47. The molecule has 13 aromatic rings. The Balaban J connectivity index is 1.02. The topological polar surface area (TPSA) is 16.2 Å². The standard InChI is InChI=1S/C79H52B2F3N5S/c82-79(83,84)74-77-65(52-66-78(74)90-73-51-61(86(56-34-14-4-15-35-56)57-36-16-5-17-37-57)50-72-76(73)81(66)64-44-24-27-47-69(64)88(72)59-40-20-7-21-41-59)80-63-43-23-26-46-68(63)87(58-38-18-6-19-39-58)70-48-60(85(54-30-10-2-11-31-54)55-32-12-3-13-33-55)49-71(75(70)80)89(77)67-45-25-22-42-62(67)53-28-8-1-9-29-53/h1-52H. The largest absolute Gasteiger partial charge is 0.419 e. The van der Waals surface area contributed by atoms with Crippen LogP contribution in [0.2, 0.25) is 0 Å². The first-order valence-electron chi connectivity index (χ1n) is 30.3. The summed E-state index contributed by atoms with van der Waals surface area (Å²) in [5.74, 6) is 0. The van der Waals surface area contributed by atoms with E-state index in [4.69, 9.17) is 0 Å². The number of hydrogen-bond acceptors (Lipinski definition) is 6. The van der Waals surface area contributed by atoms with Crippen LogP contribution in [-0.2, 0) is 6.18 Å². The van der Waals surface area contributed by atoms with E-state index in [9.17, 15) is 0 Å². The van der Waals surface area contributed by atoms with E-state index in [0.717, 1.165) is 106 Å². The number of rotatable bonds is 10. The summed E-state index contributed by atoms with van der Waals surface area (Å²) < 4.78 is 54.8. The SMILES string of the molecule is FC(F)(F)c1c2c(cc3c1N(c1ccccc1-c1ccccc1)c1cc(N(c4ccccc4)c4ccccc4)cc4c1B3c1ccccc1N4c1ccccc1)B1c3ccccc3N(c3ccccc3)c3cc(N(c4ccccc4)c4ccccc4)cc(c31)S2. The molecule has 17 rings (SSSR count). The number of fused-ring (bicyclic) bond motifs is 8. The third-order valence-electron chi connectivity index (χ3n) is 18.0. The van der Waals surface area contributed by atoms with Crippen molar-refractivity contribution in [3.8, 4) is 11.1 Å². The highest BCUT2D eigenvalue weighted by Gasteiger charge is 2.53. The minimum atomic E-state index is -4.90. The van der Waals surface area contributed by atoms with Crippen LogP contribution in [0.25, 0.3) is 11.1 Å². The predicted octanol–water partition coefficient (Wildman–Crippen LogP) is 18.2. The molecule has 4 aliphatic rings. The summed E-state index contributed by atoms with van der Waals surface area (Å²) in [6.45, 7) is -1.27. The Morgan fingerprint density at radius 3 is 1.17 bits per heavy atom. The fourth-order valence-electron chi connectivity index (χ4n) is 14.4. The molecule has 11 heteroatoms. The van der Waals surface area contributed by atoms with E-state index in [1.807, 2.05) is 181 Å². The normalized spacial score (nSPS) is 13.1. The Morgan fingerprint density at radius 1 is 0.311 bits per heavy atom. The first-order valence-corrected chi connectivity index (χ1v) is 31.1. The van der Waals surface area contributed by atoms with Gasteiger partial charge in [0, 0.05) is 83.6 Å². The number of nitrogens with zero attached hydrogens (tertiary/aromatic N) is 5. The smallest absolute Gasteiger partial charge is 0.311 e. The second kappa shape index (κ2) is 21.5. The molecule has 426 valence electrons. The van der Waals surface area contributed by atoms with Gasteiger partial charge in [-0.25, -0.2) is 0 Å². The number of anilines is 15. The molecule has 13 aromatic carbocycles. The molecule has 0 saturated heterocycles.